The van der Waals surface area contributed by atoms with E-state index in [1.165, 1.54) is 0 Å². The average molecular weight is 295 g/mol. The van der Waals surface area contributed by atoms with Crippen LogP contribution in [0.3, 0.4) is 0 Å². The highest BCUT2D eigenvalue weighted by atomic mass is 32.2. The number of aryl methyl sites for hydroxylation is 2. The van der Waals surface area contributed by atoms with Crippen LogP contribution in [-0.4, -0.2) is 31.9 Å². The van der Waals surface area contributed by atoms with Crippen LogP contribution in [0.4, 0.5) is 0 Å². The lowest BCUT2D eigenvalue weighted by molar-refractivity contribution is -0.121. The van der Waals surface area contributed by atoms with E-state index in [1.807, 2.05) is 32.0 Å². The van der Waals surface area contributed by atoms with E-state index in [9.17, 15) is 13.2 Å². The largest absolute Gasteiger partial charge is 0.352 e. The van der Waals surface area contributed by atoms with E-state index in [-0.39, 0.29) is 23.5 Å². The molecule has 0 unspecified atom stereocenters. The number of nitrogens with one attached hydrogen (secondary N) is 1. The van der Waals surface area contributed by atoms with Gasteiger partial charge >= 0.3 is 0 Å². The van der Waals surface area contributed by atoms with Crippen molar-refractivity contribution in [1.29, 1.82) is 0 Å². The molecule has 110 valence electrons. The molecular weight excluding hydrogens is 274 g/mol. The first-order valence-electron chi connectivity index (χ1n) is 6.92. The van der Waals surface area contributed by atoms with E-state index in [2.05, 4.69) is 5.32 Å². The maximum absolute atomic E-state index is 12.0. The van der Waals surface area contributed by atoms with Crippen molar-refractivity contribution in [2.75, 3.05) is 11.5 Å². The molecule has 1 amide bonds. The zero-order valence-corrected chi connectivity index (χ0v) is 12.8. The molecule has 2 rings (SSSR count). The van der Waals surface area contributed by atoms with Gasteiger partial charge < -0.3 is 5.32 Å². The Balaban J connectivity index is 1.97. The number of rotatable bonds is 3. The maximum atomic E-state index is 12.0. The molecule has 0 spiro atoms. The molecule has 1 aromatic rings. The summed E-state index contributed by atoms with van der Waals surface area (Å²) < 4.78 is 23.1. The summed E-state index contributed by atoms with van der Waals surface area (Å²) in [4.78, 5) is 12.0. The lowest BCUT2D eigenvalue weighted by Crippen LogP contribution is -2.43. The van der Waals surface area contributed by atoms with E-state index in [0.717, 1.165) is 23.1 Å². The molecule has 4 nitrogen and oxygen atoms in total. The van der Waals surface area contributed by atoms with Crippen molar-refractivity contribution >= 4 is 15.7 Å². The highest BCUT2D eigenvalue weighted by Crippen LogP contribution is 2.14. The fourth-order valence-electron chi connectivity index (χ4n) is 2.58. The maximum Gasteiger partial charge on any atom is 0.224 e. The molecule has 1 atom stereocenters. The number of amides is 1. The van der Waals surface area contributed by atoms with Crippen molar-refractivity contribution in [3.05, 3.63) is 34.9 Å². The van der Waals surface area contributed by atoms with Crippen LogP contribution in [0.15, 0.2) is 18.2 Å². The molecule has 1 saturated heterocycles. The summed E-state index contributed by atoms with van der Waals surface area (Å²) in [6, 6.07) is 5.80. The fourth-order valence-corrected chi connectivity index (χ4v) is 4.22. The molecule has 0 saturated carbocycles. The summed E-state index contributed by atoms with van der Waals surface area (Å²) in [5.41, 5.74) is 3.21. The summed E-state index contributed by atoms with van der Waals surface area (Å²) in [7, 11) is -2.98. The first-order valence-corrected chi connectivity index (χ1v) is 8.74. The Hall–Kier alpha value is -1.36. The van der Waals surface area contributed by atoms with Gasteiger partial charge in [-0.2, -0.15) is 0 Å². The zero-order chi connectivity index (χ0) is 14.8. The SMILES string of the molecule is Cc1ccc(C)c(CC(=O)N[C@H]2CCCS(=O)(=O)C2)c1. The van der Waals surface area contributed by atoms with E-state index in [1.54, 1.807) is 0 Å². The molecule has 1 fully saturated rings. The first kappa shape index (κ1) is 15.0. The Morgan fingerprint density at radius 2 is 2.10 bits per heavy atom. The van der Waals surface area contributed by atoms with Gasteiger partial charge in [-0.3, -0.25) is 4.79 Å². The number of benzene rings is 1. The normalized spacial score (nSPS) is 21.4. The molecule has 0 aliphatic carbocycles. The van der Waals surface area contributed by atoms with Gasteiger partial charge in [0.05, 0.1) is 17.9 Å². The van der Waals surface area contributed by atoms with Crippen LogP contribution < -0.4 is 5.32 Å². The van der Waals surface area contributed by atoms with Gasteiger partial charge in [0.15, 0.2) is 9.84 Å². The summed E-state index contributed by atoms with van der Waals surface area (Å²) >= 11 is 0. The van der Waals surface area contributed by atoms with Crippen molar-refractivity contribution in [2.45, 2.75) is 39.2 Å². The van der Waals surface area contributed by atoms with Gasteiger partial charge in [0, 0.05) is 6.04 Å². The molecule has 1 heterocycles. The van der Waals surface area contributed by atoms with Gasteiger partial charge in [0.25, 0.3) is 0 Å². The number of carbonyl (C=O) groups is 1. The van der Waals surface area contributed by atoms with Gasteiger partial charge in [-0.05, 0) is 37.8 Å². The Bertz CT molecular complexity index is 608. The smallest absolute Gasteiger partial charge is 0.224 e. The van der Waals surface area contributed by atoms with Gasteiger partial charge in [-0.1, -0.05) is 23.8 Å². The minimum Gasteiger partial charge on any atom is -0.352 e. The van der Waals surface area contributed by atoms with Crippen LogP contribution in [0, 0.1) is 13.8 Å². The number of hydrogen-bond donors (Lipinski definition) is 1. The molecule has 1 aliphatic heterocycles. The van der Waals surface area contributed by atoms with Gasteiger partial charge in [-0.25, -0.2) is 8.42 Å². The van der Waals surface area contributed by atoms with Crippen molar-refractivity contribution < 1.29 is 13.2 Å². The second-order valence-electron chi connectivity index (χ2n) is 5.63. The summed E-state index contributed by atoms with van der Waals surface area (Å²) in [6.45, 7) is 3.97. The molecule has 20 heavy (non-hydrogen) atoms. The Labute approximate surface area is 120 Å². The lowest BCUT2D eigenvalue weighted by atomic mass is 10.0. The number of hydrogen-bond acceptors (Lipinski definition) is 3. The van der Waals surface area contributed by atoms with Crippen molar-refractivity contribution in [3.8, 4) is 0 Å². The van der Waals surface area contributed by atoms with Crippen molar-refractivity contribution in [3.63, 3.8) is 0 Å². The van der Waals surface area contributed by atoms with Crippen molar-refractivity contribution in [2.24, 2.45) is 0 Å². The Morgan fingerprint density at radius 3 is 2.80 bits per heavy atom. The average Bonchev–Trinajstić information content (AvgIpc) is 2.32. The Morgan fingerprint density at radius 1 is 1.35 bits per heavy atom. The van der Waals surface area contributed by atoms with Crippen LogP contribution >= 0.6 is 0 Å². The molecule has 0 bridgehead atoms. The topological polar surface area (TPSA) is 63.2 Å². The molecular formula is C15H21NO3S. The molecule has 0 radical (unpaired) electrons. The van der Waals surface area contributed by atoms with E-state index < -0.39 is 9.84 Å². The number of carbonyl (C=O) groups excluding carboxylic acids is 1. The van der Waals surface area contributed by atoms with Crippen LogP contribution in [0.2, 0.25) is 0 Å². The van der Waals surface area contributed by atoms with Crippen LogP contribution in [0.5, 0.6) is 0 Å². The second-order valence-corrected chi connectivity index (χ2v) is 7.86. The number of sulfone groups is 1. The van der Waals surface area contributed by atoms with E-state index in [0.29, 0.717) is 12.8 Å². The summed E-state index contributed by atoms with van der Waals surface area (Å²) in [5, 5.41) is 2.85. The first-order chi connectivity index (χ1) is 9.35. The van der Waals surface area contributed by atoms with Gasteiger partial charge in [-0.15, -0.1) is 0 Å². The van der Waals surface area contributed by atoms with E-state index >= 15 is 0 Å². The molecule has 1 N–H and O–H groups in total. The van der Waals surface area contributed by atoms with Crippen LogP contribution in [-0.2, 0) is 21.1 Å². The quantitative estimate of drug-likeness (QED) is 0.920. The third kappa shape index (κ3) is 4.07. The van der Waals surface area contributed by atoms with Crippen LogP contribution in [0.1, 0.15) is 29.5 Å². The summed E-state index contributed by atoms with van der Waals surface area (Å²) in [5.74, 6) is 0.225. The molecule has 1 aliphatic rings. The standard InChI is InChI=1S/C15H21NO3S/c1-11-5-6-12(2)13(8-11)9-15(17)16-14-4-3-7-20(18,19)10-14/h5-6,8,14H,3-4,7,9-10H2,1-2H3,(H,16,17)/t14-/m0/s1. The molecule has 5 heteroatoms. The highest BCUT2D eigenvalue weighted by Gasteiger charge is 2.25. The molecule has 1 aromatic carbocycles. The lowest BCUT2D eigenvalue weighted by Gasteiger charge is -2.23. The third-order valence-corrected chi connectivity index (χ3v) is 5.50. The Kier molecular flexibility index (Phi) is 4.48. The monoisotopic (exact) mass is 295 g/mol. The summed E-state index contributed by atoms with van der Waals surface area (Å²) in [6.07, 6.45) is 1.69. The van der Waals surface area contributed by atoms with Gasteiger partial charge in [0.2, 0.25) is 5.91 Å². The molecule has 0 aromatic heterocycles. The van der Waals surface area contributed by atoms with Gasteiger partial charge in [0.1, 0.15) is 0 Å². The zero-order valence-electron chi connectivity index (χ0n) is 12.0. The second kappa shape index (κ2) is 5.95. The fraction of sp³-hybridized carbons (Fsp3) is 0.533. The predicted octanol–water partition coefficient (Wildman–Crippen LogP) is 1.54. The third-order valence-electron chi connectivity index (χ3n) is 3.68. The van der Waals surface area contributed by atoms with Crippen LogP contribution in [0.25, 0.3) is 0 Å². The van der Waals surface area contributed by atoms with E-state index in [4.69, 9.17) is 0 Å². The van der Waals surface area contributed by atoms with Crippen molar-refractivity contribution in [1.82, 2.24) is 5.32 Å². The minimum absolute atomic E-state index is 0.0749. The minimum atomic E-state index is -2.98. The predicted molar refractivity (Wildman–Crippen MR) is 79.4 cm³/mol. The highest BCUT2D eigenvalue weighted by molar-refractivity contribution is 7.91.